The molecule has 0 saturated heterocycles. The van der Waals surface area contributed by atoms with Crippen LogP contribution < -0.4 is 10.6 Å². The highest BCUT2D eigenvalue weighted by atomic mass is 19.1. The lowest BCUT2D eigenvalue weighted by molar-refractivity contribution is 0.0950. The van der Waals surface area contributed by atoms with Crippen LogP contribution in [0, 0.1) is 5.82 Å². The first-order valence-corrected chi connectivity index (χ1v) is 7.40. The van der Waals surface area contributed by atoms with Gasteiger partial charge >= 0.3 is 0 Å². The minimum absolute atomic E-state index is 0.215. The average Bonchev–Trinajstić information content (AvgIpc) is 3.38. The van der Waals surface area contributed by atoms with Crippen molar-refractivity contribution in [2.24, 2.45) is 0 Å². The average molecular weight is 313 g/mol. The number of hydrogen-bond donors (Lipinski definition) is 2. The van der Waals surface area contributed by atoms with Gasteiger partial charge in [0.2, 0.25) is 0 Å². The Kier molecular flexibility index (Phi) is 4.32. The lowest BCUT2D eigenvalue weighted by Gasteiger charge is -2.07. The fraction of sp³-hybridized carbons (Fsp3) is 0.235. The van der Waals surface area contributed by atoms with Crippen molar-refractivity contribution >= 4 is 11.8 Å². The van der Waals surface area contributed by atoms with Gasteiger partial charge in [-0.25, -0.2) is 4.39 Å². The van der Waals surface area contributed by atoms with Gasteiger partial charge in [-0.3, -0.25) is 14.6 Å². The molecule has 5 nitrogen and oxygen atoms in total. The Labute approximate surface area is 132 Å². The Bertz CT molecular complexity index is 727. The first kappa shape index (κ1) is 15.1. The molecule has 1 aromatic heterocycles. The second kappa shape index (κ2) is 6.56. The number of hydrogen-bond acceptors (Lipinski definition) is 3. The third-order valence-corrected chi connectivity index (χ3v) is 3.54. The lowest BCUT2D eigenvalue weighted by Crippen LogP contribution is -2.27. The number of nitrogens with one attached hydrogen (secondary N) is 2. The van der Waals surface area contributed by atoms with Gasteiger partial charge in [0.1, 0.15) is 5.82 Å². The largest absolute Gasteiger partial charge is 0.349 e. The van der Waals surface area contributed by atoms with Crippen molar-refractivity contribution in [1.82, 2.24) is 15.6 Å². The number of carbonyl (C=O) groups excluding carboxylic acids is 2. The fourth-order valence-electron chi connectivity index (χ4n) is 2.07. The molecule has 0 atom stereocenters. The maximum Gasteiger partial charge on any atom is 0.253 e. The van der Waals surface area contributed by atoms with Gasteiger partial charge in [0.05, 0.1) is 11.1 Å². The van der Waals surface area contributed by atoms with E-state index in [1.165, 1.54) is 30.6 Å². The number of aromatic nitrogens is 1. The minimum atomic E-state index is -0.331. The number of amides is 2. The predicted molar refractivity (Wildman–Crippen MR) is 82.3 cm³/mol. The normalized spacial score (nSPS) is 13.4. The van der Waals surface area contributed by atoms with E-state index in [1.807, 2.05) is 0 Å². The molecule has 2 N–H and O–H groups in total. The highest BCUT2D eigenvalue weighted by molar-refractivity contribution is 5.99. The molecule has 23 heavy (non-hydrogen) atoms. The molecular weight excluding hydrogens is 297 g/mol. The van der Waals surface area contributed by atoms with Gasteiger partial charge in [-0.05, 0) is 36.6 Å². The van der Waals surface area contributed by atoms with Gasteiger partial charge < -0.3 is 10.6 Å². The molecule has 1 aromatic carbocycles. The zero-order valence-corrected chi connectivity index (χ0v) is 12.4. The van der Waals surface area contributed by atoms with E-state index in [0.29, 0.717) is 11.1 Å². The van der Waals surface area contributed by atoms with Crippen molar-refractivity contribution in [3.8, 4) is 0 Å². The summed E-state index contributed by atoms with van der Waals surface area (Å²) in [6.07, 6.45) is 4.84. The van der Waals surface area contributed by atoms with Crippen LogP contribution >= 0.6 is 0 Å². The van der Waals surface area contributed by atoms with E-state index >= 15 is 0 Å². The molecule has 0 bridgehead atoms. The molecule has 1 aliphatic carbocycles. The fourth-order valence-corrected chi connectivity index (χ4v) is 2.07. The highest BCUT2D eigenvalue weighted by Gasteiger charge is 2.24. The first-order chi connectivity index (χ1) is 11.1. The predicted octanol–water partition coefficient (Wildman–Crippen LogP) is 2.04. The molecule has 118 valence electrons. The quantitative estimate of drug-likeness (QED) is 0.887. The molecule has 0 spiro atoms. The van der Waals surface area contributed by atoms with Crippen molar-refractivity contribution < 1.29 is 14.0 Å². The number of benzene rings is 1. The van der Waals surface area contributed by atoms with Crippen molar-refractivity contribution in [1.29, 1.82) is 0 Å². The Morgan fingerprint density at radius 1 is 1.09 bits per heavy atom. The van der Waals surface area contributed by atoms with Gasteiger partial charge in [0.15, 0.2) is 0 Å². The maximum atomic E-state index is 12.8. The van der Waals surface area contributed by atoms with Gasteiger partial charge in [-0.2, -0.15) is 0 Å². The molecule has 0 unspecified atom stereocenters. The van der Waals surface area contributed by atoms with Crippen molar-refractivity contribution in [3.63, 3.8) is 0 Å². The first-order valence-electron chi connectivity index (χ1n) is 7.40. The van der Waals surface area contributed by atoms with Crippen LogP contribution in [0.5, 0.6) is 0 Å². The van der Waals surface area contributed by atoms with E-state index in [1.54, 1.807) is 12.1 Å². The van der Waals surface area contributed by atoms with Crippen LogP contribution in [0.25, 0.3) is 0 Å². The molecule has 2 amide bonds. The molecule has 1 saturated carbocycles. The Hall–Kier alpha value is -2.76. The van der Waals surface area contributed by atoms with Crippen molar-refractivity contribution in [3.05, 3.63) is 65.2 Å². The molecular formula is C17H16FN3O2. The molecule has 1 aliphatic rings. The zero-order valence-electron chi connectivity index (χ0n) is 12.4. The lowest BCUT2D eigenvalue weighted by atomic mass is 10.1. The van der Waals surface area contributed by atoms with E-state index < -0.39 is 0 Å². The number of halogens is 1. The van der Waals surface area contributed by atoms with Gasteiger partial charge in [-0.1, -0.05) is 12.1 Å². The van der Waals surface area contributed by atoms with Crippen LogP contribution in [0.2, 0.25) is 0 Å². The van der Waals surface area contributed by atoms with E-state index in [0.717, 1.165) is 18.4 Å². The zero-order chi connectivity index (χ0) is 16.2. The SMILES string of the molecule is O=C(NCc1ccc(F)cc1)c1cncc(C(=O)NC2CC2)c1. The molecule has 1 fully saturated rings. The molecule has 0 aliphatic heterocycles. The van der Waals surface area contributed by atoms with Crippen LogP contribution in [0.15, 0.2) is 42.7 Å². The van der Waals surface area contributed by atoms with Crippen LogP contribution in [0.4, 0.5) is 4.39 Å². The summed E-state index contributed by atoms with van der Waals surface area (Å²) in [4.78, 5) is 28.1. The topological polar surface area (TPSA) is 71.1 Å². The summed E-state index contributed by atoms with van der Waals surface area (Å²) in [5.74, 6) is -0.866. The van der Waals surface area contributed by atoms with Crippen LogP contribution in [0.3, 0.4) is 0 Å². The Balaban J connectivity index is 1.62. The second-order valence-electron chi connectivity index (χ2n) is 5.52. The molecule has 3 rings (SSSR count). The summed E-state index contributed by atoms with van der Waals surface area (Å²) < 4.78 is 12.8. The van der Waals surface area contributed by atoms with E-state index in [-0.39, 0.29) is 30.2 Å². The molecule has 1 heterocycles. The third-order valence-electron chi connectivity index (χ3n) is 3.54. The summed E-state index contributed by atoms with van der Waals surface area (Å²) in [5, 5.41) is 5.57. The van der Waals surface area contributed by atoms with E-state index in [4.69, 9.17) is 0 Å². The van der Waals surface area contributed by atoms with Gasteiger partial charge in [-0.15, -0.1) is 0 Å². The van der Waals surface area contributed by atoms with Crippen molar-refractivity contribution in [2.45, 2.75) is 25.4 Å². The summed E-state index contributed by atoms with van der Waals surface area (Å²) in [6.45, 7) is 0.275. The van der Waals surface area contributed by atoms with E-state index in [9.17, 15) is 14.0 Å². The molecule has 6 heteroatoms. The van der Waals surface area contributed by atoms with Crippen LogP contribution in [-0.2, 0) is 6.54 Å². The molecule has 2 aromatic rings. The Morgan fingerprint density at radius 2 is 1.74 bits per heavy atom. The smallest absolute Gasteiger partial charge is 0.253 e. The number of carbonyl (C=O) groups is 2. The number of rotatable bonds is 5. The van der Waals surface area contributed by atoms with Crippen LogP contribution in [0.1, 0.15) is 39.1 Å². The van der Waals surface area contributed by atoms with Gasteiger partial charge in [0, 0.05) is 25.0 Å². The monoisotopic (exact) mass is 313 g/mol. The summed E-state index contributed by atoms with van der Waals surface area (Å²) in [6, 6.07) is 7.65. The third kappa shape index (κ3) is 4.12. The summed E-state index contributed by atoms with van der Waals surface area (Å²) >= 11 is 0. The Morgan fingerprint density at radius 3 is 2.39 bits per heavy atom. The van der Waals surface area contributed by atoms with Crippen molar-refractivity contribution in [2.75, 3.05) is 0 Å². The standard InChI is InChI=1S/C17H16FN3O2/c18-14-3-1-11(2-4-14)8-20-16(22)12-7-13(10-19-9-12)17(23)21-15-5-6-15/h1-4,7,9-10,15H,5-6,8H2,(H,20,22)(H,21,23). The highest BCUT2D eigenvalue weighted by Crippen LogP contribution is 2.19. The second-order valence-corrected chi connectivity index (χ2v) is 5.52. The van der Waals surface area contributed by atoms with Crippen LogP contribution in [-0.4, -0.2) is 22.8 Å². The number of nitrogens with zero attached hydrogens (tertiary/aromatic N) is 1. The maximum absolute atomic E-state index is 12.8. The summed E-state index contributed by atoms with van der Waals surface area (Å²) in [5.41, 5.74) is 1.47. The van der Waals surface area contributed by atoms with Gasteiger partial charge in [0.25, 0.3) is 11.8 Å². The molecule has 0 radical (unpaired) electrons. The minimum Gasteiger partial charge on any atom is -0.349 e. The summed E-state index contributed by atoms with van der Waals surface area (Å²) in [7, 11) is 0. The number of pyridine rings is 1. The van der Waals surface area contributed by atoms with E-state index in [2.05, 4.69) is 15.6 Å².